The van der Waals surface area contributed by atoms with Crippen LogP contribution in [0.15, 0.2) is 0 Å². The minimum absolute atomic E-state index is 0.226. The van der Waals surface area contributed by atoms with Crippen LogP contribution in [-0.4, -0.2) is 16.2 Å². The number of hydrogen-bond acceptors (Lipinski definition) is 2. The maximum absolute atomic E-state index is 11.2. The summed E-state index contributed by atoms with van der Waals surface area (Å²) >= 11 is 3.78. The summed E-state index contributed by atoms with van der Waals surface area (Å²) in [6.07, 6.45) is 2.89. The highest BCUT2D eigenvalue weighted by Crippen LogP contribution is 2.52. The maximum atomic E-state index is 11.2. The van der Waals surface area contributed by atoms with E-state index in [1.165, 1.54) is 0 Å². The van der Waals surface area contributed by atoms with Crippen LogP contribution < -0.4 is 0 Å². The molecule has 1 N–H and O–H groups in total. The summed E-state index contributed by atoms with van der Waals surface area (Å²) < 4.78 is 0. The lowest BCUT2D eigenvalue weighted by Crippen LogP contribution is -2.32. The monoisotopic (exact) mass is 200 g/mol. The third-order valence-electron chi connectivity index (χ3n) is 3.49. The standard InChI is InChI=1S/C9H12O3S/c10-8(11)6-4-1-2-5(3-4)7(6)9(12)13/h4-7H,1-3H2,(H,10,11)(H,12,13)/t4-,5+,6+,7-/m1/s1. The summed E-state index contributed by atoms with van der Waals surface area (Å²) in [7, 11) is 0. The molecule has 0 aromatic heterocycles. The molecule has 4 heteroatoms. The fourth-order valence-electron chi connectivity index (χ4n) is 3.00. The van der Waals surface area contributed by atoms with Crippen molar-refractivity contribution in [3.8, 4) is 0 Å². The van der Waals surface area contributed by atoms with Crippen LogP contribution in [0.2, 0.25) is 0 Å². The zero-order valence-electron chi connectivity index (χ0n) is 7.14. The second kappa shape index (κ2) is 3.01. The summed E-state index contributed by atoms with van der Waals surface area (Å²) in [5.74, 6) is -1.08. The molecule has 2 saturated carbocycles. The van der Waals surface area contributed by atoms with Crippen LogP contribution in [0.3, 0.4) is 0 Å². The number of carbonyl (C=O) groups is 2. The van der Waals surface area contributed by atoms with Gasteiger partial charge in [0.2, 0.25) is 0 Å². The summed E-state index contributed by atoms with van der Waals surface area (Å²) in [4.78, 5) is 22.1. The number of rotatable bonds is 2. The lowest BCUT2D eigenvalue weighted by Gasteiger charge is -2.24. The fourth-order valence-corrected chi connectivity index (χ4v) is 3.37. The van der Waals surface area contributed by atoms with E-state index in [-0.39, 0.29) is 22.9 Å². The first-order valence-corrected chi connectivity index (χ1v) is 5.01. The summed E-state index contributed by atoms with van der Waals surface area (Å²) in [5, 5.41) is 8.73. The van der Waals surface area contributed by atoms with Gasteiger partial charge < -0.3 is 5.11 Å². The highest BCUT2D eigenvalue weighted by molar-refractivity contribution is 7.96. The Labute approximate surface area is 81.9 Å². The Kier molecular flexibility index (Phi) is 2.10. The van der Waals surface area contributed by atoms with E-state index in [0.29, 0.717) is 0 Å². The van der Waals surface area contributed by atoms with Gasteiger partial charge in [-0.05, 0) is 31.1 Å². The third kappa shape index (κ3) is 1.27. The van der Waals surface area contributed by atoms with Crippen molar-refractivity contribution in [2.24, 2.45) is 23.7 Å². The van der Waals surface area contributed by atoms with Gasteiger partial charge in [-0.1, -0.05) is 0 Å². The number of aliphatic carboxylic acids is 1. The molecule has 0 radical (unpaired) electrons. The molecule has 0 aromatic rings. The Morgan fingerprint density at radius 1 is 1.15 bits per heavy atom. The third-order valence-corrected chi connectivity index (χ3v) is 3.78. The van der Waals surface area contributed by atoms with E-state index in [9.17, 15) is 9.59 Å². The number of fused-ring (bicyclic) bond motifs is 2. The molecule has 2 fully saturated rings. The van der Waals surface area contributed by atoms with Gasteiger partial charge in [0.25, 0.3) is 0 Å². The van der Waals surface area contributed by atoms with Crippen LogP contribution in [0.4, 0.5) is 0 Å². The molecule has 0 aliphatic heterocycles. The van der Waals surface area contributed by atoms with Crippen LogP contribution in [0.25, 0.3) is 0 Å². The van der Waals surface area contributed by atoms with Gasteiger partial charge in [-0.3, -0.25) is 9.59 Å². The number of carboxylic acid groups (broad SMARTS) is 1. The van der Waals surface area contributed by atoms with Gasteiger partial charge in [-0.25, -0.2) is 0 Å². The van der Waals surface area contributed by atoms with Gasteiger partial charge >= 0.3 is 5.97 Å². The van der Waals surface area contributed by atoms with Gasteiger partial charge in [-0.2, -0.15) is 0 Å². The summed E-state index contributed by atoms with van der Waals surface area (Å²) in [5.41, 5.74) is 0. The Hall–Kier alpha value is -0.510. The van der Waals surface area contributed by atoms with Gasteiger partial charge in [0.05, 0.1) is 5.92 Å². The van der Waals surface area contributed by atoms with Crippen LogP contribution in [0.5, 0.6) is 0 Å². The van der Waals surface area contributed by atoms with Gasteiger partial charge in [0.1, 0.15) is 0 Å². The fraction of sp³-hybridized carbons (Fsp3) is 0.778. The van der Waals surface area contributed by atoms with E-state index in [0.717, 1.165) is 19.3 Å². The normalized spacial score (nSPS) is 42.2. The van der Waals surface area contributed by atoms with Crippen LogP contribution in [-0.2, 0) is 9.59 Å². The molecule has 0 unspecified atom stereocenters. The van der Waals surface area contributed by atoms with Gasteiger partial charge in [-0.15, -0.1) is 12.6 Å². The second-order valence-corrected chi connectivity index (χ2v) is 4.50. The van der Waals surface area contributed by atoms with Crippen molar-refractivity contribution in [2.45, 2.75) is 19.3 Å². The highest BCUT2D eigenvalue weighted by Gasteiger charge is 2.53. The molecule has 0 amide bonds. The predicted octanol–water partition coefficient (Wildman–Crippen LogP) is 1.19. The van der Waals surface area contributed by atoms with Crippen molar-refractivity contribution in [2.75, 3.05) is 0 Å². The van der Waals surface area contributed by atoms with Crippen molar-refractivity contribution >= 4 is 23.7 Å². The van der Waals surface area contributed by atoms with E-state index < -0.39 is 11.9 Å². The molecule has 4 atom stereocenters. The summed E-state index contributed by atoms with van der Waals surface area (Å²) in [6, 6.07) is 0. The smallest absolute Gasteiger partial charge is 0.307 e. The predicted molar refractivity (Wildman–Crippen MR) is 49.4 cm³/mol. The largest absolute Gasteiger partial charge is 0.481 e. The average molecular weight is 200 g/mol. The quantitative estimate of drug-likeness (QED) is 0.658. The van der Waals surface area contributed by atoms with Crippen molar-refractivity contribution in [3.63, 3.8) is 0 Å². The van der Waals surface area contributed by atoms with Gasteiger partial charge in [0, 0.05) is 5.92 Å². The van der Waals surface area contributed by atoms with Crippen molar-refractivity contribution < 1.29 is 14.7 Å². The second-order valence-electron chi connectivity index (χ2n) is 4.06. The molecule has 2 bridgehead atoms. The SMILES string of the molecule is O=C(S)[C@@H]1[C@H]2CC[C@H](C2)[C@@H]1C(=O)O. The van der Waals surface area contributed by atoms with Crippen molar-refractivity contribution in [1.29, 1.82) is 0 Å². The first kappa shape index (κ1) is 9.06. The van der Waals surface area contributed by atoms with E-state index in [4.69, 9.17) is 5.11 Å². The van der Waals surface area contributed by atoms with Crippen LogP contribution in [0.1, 0.15) is 19.3 Å². The summed E-state index contributed by atoms with van der Waals surface area (Å²) in [6.45, 7) is 0. The molecule has 3 nitrogen and oxygen atoms in total. The Morgan fingerprint density at radius 2 is 1.69 bits per heavy atom. The van der Waals surface area contributed by atoms with Crippen molar-refractivity contribution in [3.05, 3.63) is 0 Å². The minimum Gasteiger partial charge on any atom is -0.481 e. The van der Waals surface area contributed by atoms with E-state index in [1.807, 2.05) is 0 Å². The molecule has 0 saturated heterocycles. The molecular weight excluding hydrogens is 188 g/mol. The molecule has 13 heavy (non-hydrogen) atoms. The first-order chi connectivity index (χ1) is 6.11. The molecule has 2 aliphatic rings. The molecule has 0 spiro atoms. The Bertz CT molecular complexity index is 238. The lowest BCUT2D eigenvalue weighted by molar-refractivity contribution is -0.147. The number of carbonyl (C=O) groups excluding carboxylic acids is 1. The van der Waals surface area contributed by atoms with Gasteiger partial charge in [0.15, 0.2) is 5.12 Å². The molecular formula is C9H12O3S. The first-order valence-electron chi connectivity index (χ1n) is 4.57. The minimum atomic E-state index is -0.820. The Balaban J connectivity index is 2.24. The van der Waals surface area contributed by atoms with Crippen molar-refractivity contribution in [1.82, 2.24) is 0 Å². The average Bonchev–Trinajstić information content (AvgIpc) is 2.60. The van der Waals surface area contributed by atoms with E-state index >= 15 is 0 Å². The number of thiol groups is 1. The topological polar surface area (TPSA) is 54.4 Å². The molecule has 2 aliphatic carbocycles. The zero-order valence-corrected chi connectivity index (χ0v) is 8.04. The zero-order chi connectivity index (χ0) is 9.59. The maximum Gasteiger partial charge on any atom is 0.307 e. The van der Waals surface area contributed by atoms with Crippen LogP contribution in [0, 0.1) is 23.7 Å². The van der Waals surface area contributed by atoms with E-state index in [1.54, 1.807) is 0 Å². The lowest BCUT2D eigenvalue weighted by atomic mass is 9.80. The molecule has 0 aromatic carbocycles. The van der Waals surface area contributed by atoms with Crippen LogP contribution >= 0.6 is 12.6 Å². The molecule has 72 valence electrons. The molecule has 2 rings (SSSR count). The highest BCUT2D eigenvalue weighted by atomic mass is 32.1. The Morgan fingerprint density at radius 3 is 2.08 bits per heavy atom. The molecule has 0 heterocycles. The van der Waals surface area contributed by atoms with E-state index in [2.05, 4.69) is 12.6 Å². The number of carboxylic acids is 1. The number of hydrogen-bond donors (Lipinski definition) is 2.